The van der Waals surface area contributed by atoms with Gasteiger partial charge < -0.3 is 11.1 Å². The maximum absolute atomic E-state index is 12.0. The van der Waals surface area contributed by atoms with Gasteiger partial charge in [0.05, 0.1) is 5.69 Å². The van der Waals surface area contributed by atoms with Crippen molar-refractivity contribution in [2.75, 3.05) is 5.32 Å². The first-order valence-corrected chi connectivity index (χ1v) is 6.10. The van der Waals surface area contributed by atoms with Crippen LogP contribution in [0.1, 0.15) is 21.6 Å². The zero-order valence-electron chi connectivity index (χ0n) is 10.7. The molecule has 1 heterocycles. The molecule has 1 aromatic carbocycles. The topological polar surface area (TPSA) is 72.9 Å². The van der Waals surface area contributed by atoms with Gasteiger partial charge in [-0.05, 0) is 19.1 Å². The van der Waals surface area contributed by atoms with Gasteiger partial charge >= 0.3 is 0 Å². The Kier molecular flexibility index (Phi) is 3.62. The van der Waals surface area contributed by atoms with Gasteiger partial charge in [-0.3, -0.25) is 9.48 Å². The van der Waals surface area contributed by atoms with E-state index in [0.29, 0.717) is 16.4 Å². The Labute approximate surface area is 116 Å². The molecule has 0 unspecified atom stereocenters. The van der Waals surface area contributed by atoms with Gasteiger partial charge in [0.25, 0.3) is 5.91 Å². The summed E-state index contributed by atoms with van der Waals surface area (Å²) in [7, 11) is 1.78. The van der Waals surface area contributed by atoms with E-state index in [1.54, 1.807) is 42.1 Å². The molecule has 0 fully saturated rings. The highest BCUT2D eigenvalue weighted by Gasteiger charge is 2.09. The fourth-order valence-electron chi connectivity index (χ4n) is 1.70. The largest absolute Gasteiger partial charge is 0.389 e. The Balaban J connectivity index is 2.16. The smallest absolute Gasteiger partial charge is 0.256 e. The summed E-state index contributed by atoms with van der Waals surface area (Å²) in [4.78, 5) is 12.4. The number of benzene rings is 1. The van der Waals surface area contributed by atoms with Crippen LogP contribution >= 0.6 is 12.2 Å². The predicted octanol–water partition coefficient (Wildman–Crippen LogP) is 1.62. The third kappa shape index (κ3) is 2.97. The Morgan fingerprint density at radius 2 is 1.89 bits per heavy atom. The van der Waals surface area contributed by atoms with Crippen molar-refractivity contribution in [3.63, 3.8) is 0 Å². The summed E-state index contributed by atoms with van der Waals surface area (Å²) in [6.45, 7) is 1.87. The number of nitrogens with zero attached hydrogens (tertiary/aromatic N) is 2. The minimum absolute atomic E-state index is 0.197. The van der Waals surface area contributed by atoms with Crippen molar-refractivity contribution in [2.45, 2.75) is 6.92 Å². The van der Waals surface area contributed by atoms with E-state index in [1.165, 1.54) is 0 Å². The van der Waals surface area contributed by atoms with Gasteiger partial charge in [-0.15, -0.1) is 0 Å². The van der Waals surface area contributed by atoms with Crippen LogP contribution in [-0.4, -0.2) is 20.7 Å². The van der Waals surface area contributed by atoms with Gasteiger partial charge in [0, 0.05) is 24.2 Å². The van der Waals surface area contributed by atoms with E-state index < -0.39 is 0 Å². The maximum Gasteiger partial charge on any atom is 0.256 e. The summed E-state index contributed by atoms with van der Waals surface area (Å²) < 4.78 is 1.62. The van der Waals surface area contributed by atoms with E-state index in [2.05, 4.69) is 10.4 Å². The average molecular weight is 274 g/mol. The molecule has 0 spiro atoms. The normalized spacial score (nSPS) is 10.2. The minimum Gasteiger partial charge on any atom is -0.389 e. The number of rotatable bonds is 3. The Bertz CT molecular complexity index is 631. The average Bonchev–Trinajstić information content (AvgIpc) is 2.68. The van der Waals surface area contributed by atoms with E-state index in [-0.39, 0.29) is 5.91 Å². The highest BCUT2D eigenvalue weighted by atomic mass is 32.1. The number of aryl methyl sites for hydroxylation is 2. The van der Waals surface area contributed by atoms with Crippen LogP contribution in [0, 0.1) is 6.92 Å². The standard InChI is InChI=1S/C13H14N4OS/c1-8-7-11(17(2)16-8)15-13(18)10-5-3-9(4-6-10)12(14)19/h3-7H,1-2H3,(H2,14,19)(H,15,18). The van der Waals surface area contributed by atoms with Gasteiger partial charge in [-0.2, -0.15) is 5.10 Å². The number of thiocarbonyl (C=S) groups is 1. The lowest BCUT2D eigenvalue weighted by atomic mass is 10.1. The number of aromatic nitrogens is 2. The van der Waals surface area contributed by atoms with Gasteiger partial charge in [0.1, 0.15) is 10.8 Å². The van der Waals surface area contributed by atoms with Gasteiger partial charge in [0.2, 0.25) is 0 Å². The Morgan fingerprint density at radius 3 is 2.37 bits per heavy atom. The molecule has 19 heavy (non-hydrogen) atoms. The molecule has 0 radical (unpaired) electrons. The molecule has 2 rings (SSSR count). The fourth-order valence-corrected chi connectivity index (χ4v) is 1.84. The molecule has 0 aliphatic heterocycles. The lowest BCUT2D eigenvalue weighted by Gasteiger charge is -2.05. The molecule has 0 aliphatic carbocycles. The molecule has 0 aliphatic rings. The fraction of sp³-hybridized carbons (Fsp3) is 0.154. The van der Waals surface area contributed by atoms with Crippen molar-refractivity contribution in [3.05, 3.63) is 47.2 Å². The molecule has 5 nitrogen and oxygen atoms in total. The molecule has 98 valence electrons. The Morgan fingerprint density at radius 1 is 1.32 bits per heavy atom. The molecule has 0 bridgehead atoms. The van der Waals surface area contributed by atoms with Crippen molar-refractivity contribution >= 4 is 28.9 Å². The van der Waals surface area contributed by atoms with E-state index >= 15 is 0 Å². The van der Waals surface area contributed by atoms with E-state index in [1.807, 2.05) is 6.92 Å². The molecular weight excluding hydrogens is 260 g/mol. The third-order valence-corrected chi connectivity index (χ3v) is 2.91. The molecule has 3 N–H and O–H groups in total. The highest BCUT2D eigenvalue weighted by Crippen LogP contribution is 2.11. The summed E-state index contributed by atoms with van der Waals surface area (Å²) in [5.41, 5.74) is 7.63. The van der Waals surface area contributed by atoms with Crippen LogP contribution in [0.4, 0.5) is 5.82 Å². The number of hydrogen-bond acceptors (Lipinski definition) is 3. The number of carbonyl (C=O) groups is 1. The van der Waals surface area contributed by atoms with Crippen LogP contribution in [0.2, 0.25) is 0 Å². The van der Waals surface area contributed by atoms with Crippen molar-refractivity contribution in [1.82, 2.24) is 9.78 Å². The van der Waals surface area contributed by atoms with Crippen LogP contribution < -0.4 is 11.1 Å². The first kappa shape index (κ1) is 13.2. The van der Waals surface area contributed by atoms with Crippen LogP contribution in [0.5, 0.6) is 0 Å². The maximum atomic E-state index is 12.0. The molecule has 0 saturated heterocycles. The van der Waals surface area contributed by atoms with Gasteiger partial charge in [0.15, 0.2) is 0 Å². The second-order valence-electron chi connectivity index (χ2n) is 4.19. The van der Waals surface area contributed by atoms with E-state index in [4.69, 9.17) is 18.0 Å². The minimum atomic E-state index is -0.197. The van der Waals surface area contributed by atoms with Crippen molar-refractivity contribution in [1.29, 1.82) is 0 Å². The molecule has 1 amide bonds. The summed E-state index contributed by atoms with van der Waals surface area (Å²) in [5, 5.41) is 6.96. The monoisotopic (exact) mass is 274 g/mol. The summed E-state index contributed by atoms with van der Waals surface area (Å²) >= 11 is 4.86. The molecule has 0 saturated carbocycles. The first-order chi connectivity index (χ1) is 8.97. The molecule has 2 aromatic rings. The highest BCUT2D eigenvalue weighted by molar-refractivity contribution is 7.80. The van der Waals surface area contributed by atoms with Gasteiger partial charge in [-0.25, -0.2) is 0 Å². The predicted molar refractivity (Wildman–Crippen MR) is 78.2 cm³/mol. The number of anilines is 1. The molecular formula is C13H14N4OS. The summed E-state index contributed by atoms with van der Waals surface area (Å²) in [6.07, 6.45) is 0. The van der Waals surface area contributed by atoms with Crippen LogP contribution in [-0.2, 0) is 7.05 Å². The molecule has 6 heteroatoms. The summed E-state index contributed by atoms with van der Waals surface area (Å²) in [5.74, 6) is 0.457. The molecule has 0 atom stereocenters. The first-order valence-electron chi connectivity index (χ1n) is 5.69. The van der Waals surface area contributed by atoms with Crippen molar-refractivity contribution in [3.8, 4) is 0 Å². The van der Waals surface area contributed by atoms with E-state index in [9.17, 15) is 4.79 Å². The third-order valence-electron chi connectivity index (χ3n) is 2.68. The molecule has 1 aromatic heterocycles. The van der Waals surface area contributed by atoms with Crippen molar-refractivity contribution in [2.24, 2.45) is 12.8 Å². The Hall–Kier alpha value is -2.21. The van der Waals surface area contributed by atoms with Crippen LogP contribution in [0.25, 0.3) is 0 Å². The van der Waals surface area contributed by atoms with Crippen LogP contribution in [0.3, 0.4) is 0 Å². The second-order valence-corrected chi connectivity index (χ2v) is 4.63. The van der Waals surface area contributed by atoms with Crippen molar-refractivity contribution < 1.29 is 4.79 Å². The SMILES string of the molecule is Cc1cc(NC(=O)c2ccc(C(N)=S)cc2)n(C)n1. The number of hydrogen-bond donors (Lipinski definition) is 2. The number of amides is 1. The lowest BCUT2D eigenvalue weighted by Crippen LogP contribution is -2.15. The second kappa shape index (κ2) is 5.19. The number of nitrogens with one attached hydrogen (secondary N) is 1. The lowest BCUT2D eigenvalue weighted by molar-refractivity contribution is 0.102. The number of carbonyl (C=O) groups excluding carboxylic acids is 1. The van der Waals surface area contributed by atoms with Gasteiger partial charge in [-0.1, -0.05) is 24.4 Å². The van der Waals surface area contributed by atoms with E-state index in [0.717, 1.165) is 11.3 Å². The quantitative estimate of drug-likeness (QED) is 0.834. The summed E-state index contributed by atoms with van der Waals surface area (Å²) in [6, 6.07) is 8.64. The van der Waals surface area contributed by atoms with Crippen LogP contribution in [0.15, 0.2) is 30.3 Å². The zero-order valence-corrected chi connectivity index (χ0v) is 11.5. The zero-order chi connectivity index (χ0) is 14.0. The number of nitrogens with two attached hydrogens (primary N) is 1.